The number of nitrogens with zero attached hydrogens (tertiary/aromatic N) is 1. The Balaban J connectivity index is 2.04. The number of ether oxygens (including phenoxy) is 1. The van der Waals surface area contributed by atoms with E-state index in [1.54, 1.807) is 24.3 Å². The number of hydrogen-bond donors (Lipinski definition) is 1. The second-order valence-electron chi connectivity index (χ2n) is 3.11. The second-order valence-corrected chi connectivity index (χ2v) is 3.99. The van der Waals surface area contributed by atoms with Crippen molar-refractivity contribution in [3.63, 3.8) is 0 Å². The molecule has 0 unspecified atom stereocenters. The Morgan fingerprint density at radius 1 is 1.19 bits per heavy atom. The van der Waals surface area contributed by atoms with Crippen LogP contribution in [0.1, 0.15) is 5.69 Å². The molecule has 0 amide bonds. The van der Waals surface area contributed by atoms with Gasteiger partial charge in [0.1, 0.15) is 18.1 Å². The quantitative estimate of drug-likeness (QED) is 0.919. The van der Waals surface area contributed by atoms with Crippen LogP contribution < -0.4 is 10.5 Å². The smallest absolute Gasteiger partial charge is 0.222 e. The summed E-state index contributed by atoms with van der Waals surface area (Å²) in [6.45, 7) is 0.247. The lowest BCUT2D eigenvalue weighted by Gasteiger charge is -2.04. The molecule has 2 aromatic rings. The van der Waals surface area contributed by atoms with Crippen LogP contribution in [0.2, 0.25) is 10.0 Å². The summed E-state index contributed by atoms with van der Waals surface area (Å²) in [6.07, 6.45) is 0. The molecule has 0 aliphatic carbocycles. The summed E-state index contributed by atoms with van der Waals surface area (Å²) in [5, 5.41) is 4.72. The molecule has 0 radical (unpaired) electrons. The molecule has 1 aromatic carbocycles. The summed E-state index contributed by atoms with van der Waals surface area (Å²) in [5.41, 5.74) is 5.97. The molecule has 0 spiro atoms. The van der Waals surface area contributed by atoms with Crippen molar-refractivity contribution in [1.29, 1.82) is 0 Å². The fourth-order valence-corrected chi connectivity index (χ4v) is 1.67. The molecule has 16 heavy (non-hydrogen) atoms. The van der Waals surface area contributed by atoms with Gasteiger partial charge in [-0.25, -0.2) is 0 Å². The highest BCUT2D eigenvalue weighted by Gasteiger charge is 2.03. The molecule has 0 atom stereocenters. The number of benzene rings is 1. The molecule has 2 N–H and O–H groups in total. The van der Waals surface area contributed by atoms with E-state index in [9.17, 15) is 0 Å². The second kappa shape index (κ2) is 4.63. The van der Waals surface area contributed by atoms with Gasteiger partial charge in [-0.05, 0) is 18.2 Å². The molecule has 0 aliphatic heterocycles. The molecular weight excluding hydrogens is 251 g/mol. The van der Waals surface area contributed by atoms with Crippen molar-refractivity contribution in [3.8, 4) is 5.75 Å². The van der Waals surface area contributed by atoms with Gasteiger partial charge in [0.05, 0.1) is 0 Å². The van der Waals surface area contributed by atoms with Crippen molar-refractivity contribution in [3.05, 3.63) is 40.0 Å². The van der Waals surface area contributed by atoms with Gasteiger partial charge in [0.25, 0.3) is 0 Å². The summed E-state index contributed by atoms with van der Waals surface area (Å²) < 4.78 is 10.1. The van der Waals surface area contributed by atoms with Crippen molar-refractivity contribution in [2.75, 3.05) is 5.73 Å². The van der Waals surface area contributed by atoms with Crippen LogP contribution in [0, 0.1) is 0 Å². The van der Waals surface area contributed by atoms with E-state index in [1.165, 1.54) is 0 Å². The zero-order valence-corrected chi connectivity index (χ0v) is 9.63. The van der Waals surface area contributed by atoms with Crippen LogP contribution in [-0.2, 0) is 6.61 Å². The lowest BCUT2D eigenvalue weighted by atomic mass is 10.3. The van der Waals surface area contributed by atoms with E-state index in [0.29, 0.717) is 21.5 Å². The number of rotatable bonds is 3. The predicted molar refractivity (Wildman–Crippen MR) is 61.7 cm³/mol. The van der Waals surface area contributed by atoms with E-state index in [4.69, 9.17) is 38.2 Å². The maximum Gasteiger partial charge on any atom is 0.222 e. The topological polar surface area (TPSA) is 61.3 Å². The SMILES string of the molecule is Nc1cc(COc2cc(Cl)cc(Cl)c2)no1. The molecule has 84 valence electrons. The highest BCUT2D eigenvalue weighted by atomic mass is 35.5. The van der Waals surface area contributed by atoms with Gasteiger partial charge in [-0.2, -0.15) is 0 Å². The maximum atomic E-state index is 5.82. The minimum absolute atomic E-state index is 0.247. The lowest BCUT2D eigenvalue weighted by molar-refractivity contribution is 0.290. The van der Waals surface area contributed by atoms with E-state index in [1.807, 2.05) is 0 Å². The average Bonchev–Trinajstić information content (AvgIpc) is 2.60. The Kier molecular flexibility index (Phi) is 3.22. The van der Waals surface area contributed by atoms with Gasteiger partial charge in [0.2, 0.25) is 5.88 Å². The summed E-state index contributed by atoms with van der Waals surface area (Å²) in [6, 6.07) is 6.55. The Morgan fingerprint density at radius 2 is 1.88 bits per heavy atom. The van der Waals surface area contributed by atoms with Gasteiger partial charge in [-0.1, -0.05) is 28.4 Å². The van der Waals surface area contributed by atoms with Gasteiger partial charge in [-0.15, -0.1) is 0 Å². The summed E-state index contributed by atoms with van der Waals surface area (Å²) in [5.74, 6) is 0.821. The normalized spacial score (nSPS) is 10.4. The van der Waals surface area contributed by atoms with Crippen molar-refractivity contribution < 1.29 is 9.26 Å². The van der Waals surface area contributed by atoms with Gasteiger partial charge < -0.3 is 15.0 Å². The molecule has 0 saturated carbocycles. The number of aromatic nitrogens is 1. The summed E-state index contributed by atoms with van der Waals surface area (Å²) in [7, 11) is 0. The maximum absolute atomic E-state index is 5.82. The molecule has 0 saturated heterocycles. The minimum atomic E-state index is 0.247. The fourth-order valence-electron chi connectivity index (χ4n) is 1.17. The van der Waals surface area contributed by atoms with Gasteiger partial charge >= 0.3 is 0 Å². The third-order valence-electron chi connectivity index (χ3n) is 1.80. The van der Waals surface area contributed by atoms with Crippen LogP contribution in [0.25, 0.3) is 0 Å². The number of nitrogen functional groups attached to an aromatic ring is 1. The third kappa shape index (κ3) is 2.81. The van der Waals surface area contributed by atoms with Crippen LogP contribution in [0.15, 0.2) is 28.8 Å². The van der Waals surface area contributed by atoms with E-state index in [0.717, 1.165) is 0 Å². The molecule has 1 aromatic heterocycles. The van der Waals surface area contributed by atoms with Crippen molar-refractivity contribution in [1.82, 2.24) is 5.16 Å². The molecule has 1 heterocycles. The average molecular weight is 259 g/mol. The van der Waals surface area contributed by atoms with E-state index >= 15 is 0 Å². The largest absolute Gasteiger partial charge is 0.487 e. The van der Waals surface area contributed by atoms with Crippen LogP contribution in [0.5, 0.6) is 5.75 Å². The highest BCUT2D eigenvalue weighted by molar-refractivity contribution is 6.34. The molecule has 4 nitrogen and oxygen atoms in total. The van der Waals surface area contributed by atoms with E-state index in [-0.39, 0.29) is 12.5 Å². The van der Waals surface area contributed by atoms with Crippen LogP contribution >= 0.6 is 23.2 Å². The summed E-state index contributed by atoms with van der Waals surface area (Å²) in [4.78, 5) is 0. The monoisotopic (exact) mass is 258 g/mol. The number of hydrogen-bond acceptors (Lipinski definition) is 4. The van der Waals surface area contributed by atoms with E-state index < -0.39 is 0 Å². The molecule has 6 heteroatoms. The zero-order valence-electron chi connectivity index (χ0n) is 8.11. The zero-order chi connectivity index (χ0) is 11.5. The molecule has 0 bridgehead atoms. The Bertz CT molecular complexity index is 479. The van der Waals surface area contributed by atoms with Crippen LogP contribution in [-0.4, -0.2) is 5.16 Å². The Morgan fingerprint density at radius 3 is 2.44 bits per heavy atom. The van der Waals surface area contributed by atoms with Crippen LogP contribution in [0.3, 0.4) is 0 Å². The fraction of sp³-hybridized carbons (Fsp3) is 0.100. The Hall–Kier alpha value is -1.39. The molecule has 2 rings (SSSR count). The Labute approximate surface area is 102 Å². The lowest BCUT2D eigenvalue weighted by Crippen LogP contribution is -1.95. The number of halogens is 2. The highest BCUT2D eigenvalue weighted by Crippen LogP contribution is 2.24. The number of anilines is 1. The minimum Gasteiger partial charge on any atom is -0.487 e. The standard InChI is InChI=1S/C10H8Cl2N2O2/c11-6-1-7(12)3-9(2-6)15-5-8-4-10(13)16-14-8/h1-4H,5,13H2. The first-order valence-electron chi connectivity index (χ1n) is 4.43. The predicted octanol–water partition coefficient (Wildman–Crippen LogP) is 3.14. The van der Waals surface area contributed by atoms with Crippen molar-refractivity contribution >= 4 is 29.1 Å². The number of nitrogens with two attached hydrogens (primary N) is 1. The molecule has 0 aliphatic rings. The van der Waals surface area contributed by atoms with Crippen LogP contribution in [0.4, 0.5) is 5.88 Å². The van der Waals surface area contributed by atoms with Crippen molar-refractivity contribution in [2.45, 2.75) is 6.61 Å². The van der Waals surface area contributed by atoms with Gasteiger partial charge in [0.15, 0.2) is 0 Å². The first-order valence-corrected chi connectivity index (χ1v) is 5.19. The van der Waals surface area contributed by atoms with Gasteiger partial charge in [-0.3, -0.25) is 0 Å². The van der Waals surface area contributed by atoms with E-state index in [2.05, 4.69) is 5.16 Å². The first kappa shape index (κ1) is 11.1. The molecular formula is C10H8Cl2N2O2. The first-order chi connectivity index (χ1) is 7.63. The molecule has 0 fully saturated rings. The van der Waals surface area contributed by atoms with Gasteiger partial charge in [0, 0.05) is 16.1 Å². The van der Waals surface area contributed by atoms with Crippen molar-refractivity contribution in [2.24, 2.45) is 0 Å². The summed E-state index contributed by atoms with van der Waals surface area (Å²) >= 11 is 11.6. The third-order valence-corrected chi connectivity index (χ3v) is 2.24.